The monoisotopic (exact) mass is 275 g/mol. The minimum absolute atomic E-state index is 0.157. The van der Waals surface area contributed by atoms with Crippen LogP contribution in [0.2, 0.25) is 0 Å². The van der Waals surface area contributed by atoms with Crippen molar-refractivity contribution in [1.29, 1.82) is 0 Å². The van der Waals surface area contributed by atoms with E-state index in [0.717, 1.165) is 0 Å². The summed E-state index contributed by atoms with van der Waals surface area (Å²) < 4.78 is 0. The molecule has 6 nitrogen and oxygen atoms in total. The van der Waals surface area contributed by atoms with Gasteiger partial charge in [0.1, 0.15) is 10.9 Å². The van der Waals surface area contributed by atoms with Gasteiger partial charge in [0.2, 0.25) is 11.8 Å². The van der Waals surface area contributed by atoms with Gasteiger partial charge in [0.25, 0.3) is 0 Å². The molecule has 0 bridgehead atoms. The van der Waals surface area contributed by atoms with E-state index in [-0.39, 0.29) is 5.91 Å². The third-order valence-electron chi connectivity index (χ3n) is 3.04. The Hall–Kier alpha value is -1.30. The van der Waals surface area contributed by atoms with Crippen LogP contribution in [0.25, 0.3) is 0 Å². The van der Waals surface area contributed by atoms with Gasteiger partial charge in [-0.05, 0) is 20.8 Å². The van der Waals surface area contributed by atoms with Gasteiger partial charge in [0.05, 0.1) is 0 Å². The number of halogens is 1. The number of hydrogen-bond donors (Lipinski definition) is 1. The average Bonchev–Trinajstić information content (AvgIpc) is 2.25. The lowest BCUT2D eigenvalue weighted by atomic mass is 9.98. The molecule has 1 fully saturated rings. The van der Waals surface area contributed by atoms with Gasteiger partial charge in [-0.3, -0.25) is 14.9 Å². The maximum Gasteiger partial charge on any atom is 0.325 e. The third kappa shape index (κ3) is 2.75. The summed E-state index contributed by atoms with van der Waals surface area (Å²) in [6.45, 7) is 5.61. The predicted octanol–water partition coefficient (Wildman–Crippen LogP) is 0.402. The number of piperazine rings is 1. The second-order valence-electron chi connectivity index (χ2n) is 4.85. The lowest BCUT2D eigenvalue weighted by molar-refractivity contribution is -0.144. The largest absolute Gasteiger partial charge is 0.342 e. The topological polar surface area (TPSA) is 69.7 Å². The number of alkyl halides is 1. The van der Waals surface area contributed by atoms with Crippen LogP contribution in [0, 0.1) is 0 Å². The molecule has 4 amide bonds. The van der Waals surface area contributed by atoms with E-state index in [4.69, 9.17) is 11.6 Å². The molecule has 1 saturated heterocycles. The minimum Gasteiger partial charge on any atom is -0.342 e. The van der Waals surface area contributed by atoms with E-state index in [1.807, 2.05) is 0 Å². The van der Waals surface area contributed by atoms with Gasteiger partial charge in [-0.15, -0.1) is 11.6 Å². The van der Waals surface area contributed by atoms with Crippen LogP contribution in [-0.2, 0) is 9.59 Å². The molecule has 1 atom stereocenters. The number of hydrogen-bond acceptors (Lipinski definition) is 3. The third-order valence-corrected chi connectivity index (χ3v) is 3.24. The highest BCUT2D eigenvalue weighted by molar-refractivity contribution is 6.31. The number of imide groups is 1. The predicted molar refractivity (Wildman–Crippen MR) is 67.3 cm³/mol. The number of amides is 4. The lowest BCUT2D eigenvalue weighted by Crippen LogP contribution is -2.65. The van der Waals surface area contributed by atoms with E-state index in [1.54, 1.807) is 25.8 Å². The molecule has 0 saturated carbocycles. The van der Waals surface area contributed by atoms with Crippen molar-refractivity contribution in [3.8, 4) is 0 Å². The first-order valence-electron chi connectivity index (χ1n) is 5.70. The van der Waals surface area contributed by atoms with Crippen LogP contribution in [0.15, 0.2) is 0 Å². The number of urea groups is 1. The Bertz CT molecular complexity index is 382. The summed E-state index contributed by atoms with van der Waals surface area (Å²) in [6.07, 6.45) is 0. The van der Waals surface area contributed by atoms with Gasteiger partial charge < -0.3 is 9.80 Å². The second-order valence-corrected chi connectivity index (χ2v) is 5.50. The number of nitrogens with zero attached hydrogens (tertiary/aromatic N) is 2. The first kappa shape index (κ1) is 14.8. The standard InChI is InChI=1S/C11H18ClN3O3/c1-7(12)8(16)13-10(18)15-6-5-14(4)9(17)11(15,2)3/h7H,5-6H2,1-4H3,(H,13,16,18). The van der Waals surface area contributed by atoms with Crippen molar-refractivity contribution in [3.05, 3.63) is 0 Å². The van der Waals surface area contributed by atoms with Crippen LogP contribution in [0.3, 0.4) is 0 Å². The molecule has 1 aliphatic heterocycles. The summed E-state index contributed by atoms with van der Waals surface area (Å²) in [6, 6.07) is -0.584. The number of carbonyl (C=O) groups is 3. The van der Waals surface area contributed by atoms with Crippen LogP contribution in [0.1, 0.15) is 20.8 Å². The molecule has 1 unspecified atom stereocenters. The molecule has 0 aromatic carbocycles. The number of likely N-dealkylation sites (N-methyl/N-ethyl adjacent to an activating group) is 1. The van der Waals surface area contributed by atoms with Gasteiger partial charge in [-0.2, -0.15) is 0 Å². The zero-order valence-electron chi connectivity index (χ0n) is 11.0. The normalized spacial score (nSPS) is 20.6. The fourth-order valence-electron chi connectivity index (χ4n) is 1.84. The molecule has 18 heavy (non-hydrogen) atoms. The summed E-state index contributed by atoms with van der Waals surface area (Å²) in [5, 5.41) is 1.39. The molecule has 1 aliphatic rings. The van der Waals surface area contributed by atoms with E-state index < -0.39 is 22.9 Å². The fraction of sp³-hybridized carbons (Fsp3) is 0.727. The van der Waals surface area contributed by atoms with Crippen molar-refractivity contribution in [1.82, 2.24) is 15.1 Å². The zero-order chi connectivity index (χ0) is 14.1. The highest BCUT2D eigenvalue weighted by Crippen LogP contribution is 2.21. The summed E-state index contributed by atoms with van der Waals surface area (Å²) in [5.41, 5.74) is -0.965. The van der Waals surface area contributed by atoms with E-state index >= 15 is 0 Å². The highest BCUT2D eigenvalue weighted by atomic mass is 35.5. The van der Waals surface area contributed by atoms with Crippen molar-refractivity contribution < 1.29 is 14.4 Å². The fourth-order valence-corrected chi connectivity index (χ4v) is 1.90. The lowest BCUT2D eigenvalue weighted by Gasteiger charge is -2.44. The van der Waals surface area contributed by atoms with Crippen molar-refractivity contribution in [2.24, 2.45) is 0 Å². The van der Waals surface area contributed by atoms with Crippen LogP contribution in [-0.4, -0.2) is 58.7 Å². The van der Waals surface area contributed by atoms with Crippen LogP contribution >= 0.6 is 11.6 Å². The SMILES string of the molecule is CC(Cl)C(=O)NC(=O)N1CCN(C)C(=O)C1(C)C. The zero-order valence-corrected chi connectivity index (χ0v) is 11.7. The van der Waals surface area contributed by atoms with Crippen molar-refractivity contribution >= 4 is 29.4 Å². The van der Waals surface area contributed by atoms with Crippen molar-refractivity contribution in [2.45, 2.75) is 31.7 Å². The molecule has 1 rings (SSSR count). The van der Waals surface area contributed by atoms with Crippen molar-refractivity contribution in [2.75, 3.05) is 20.1 Å². The van der Waals surface area contributed by atoms with E-state index in [1.165, 1.54) is 11.8 Å². The van der Waals surface area contributed by atoms with Gasteiger partial charge in [0.15, 0.2) is 0 Å². The quantitative estimate of drug-likeness (QED) is 0.705. The number of nitrogens with one attached hydrogen (secondary N) is 1. The summed E-state index contributed by atoms with van der Waals surface area (Å²) in [7, 11) is 1.69. The molecule has 0 aromatic rings. The molecular weight excluding hydrogens is 258 g/mol. The van der Waals surface area contributed by atoms with E-state index in [9.17, 15) is 14.4 Å². The Morgan fingerprint density at radius 1 is 1.39 bits per heavy atom. The van der Waals surface area contributed by atoms with Gasteiger partial charge in [0, 0.05) is 20.1 Å². The van der Waals surface area contributed by atoms with Gasteiger partial charge >= 0.3 is 6.03 Å². The molecule has 1 heterocycles. The Kier molecular flexibility index (Phi) is 4.21. The summed E-state index contributed by atoms with van der Waals surface area (Å²) in [5.74, 6) is -0.723. The Morgan fingerprint density at radius 3 is 2.44 bits per heavy atom. The van der Waals surface area contributed by atoms with Crippen LogP contribution in [0.5, 0.6) is 0 Å². The number of rotatable bonds is 1. The maximum atomic E-state index is 12.0. The molecule has 1 N–H and O–H groups in total. The smallest absolute Gasteiger partial charge is 0.325 e. The van der Waals surface area contributed by atoms with Gasteiger partial charge in [-0.1, -0.05) is 0 Å². The Balaban J connectivity index is 2.80. The highest BCUT2D eigenvalue weighted by Gasteiger charge is 2.43. The summed E-state index contributed by atoms with van der Waals surface area (Å²) in [4.78, 5) is 38.2. The first-order chi connectivity index (χ1) is 8.17. The molecule has 0 spiro atoms. The first-order valence-corrected chi connectivity index (χ1v) is 6.13. The Labute approximate surface area is 111 Å². The molecule has 7 heteroatoms. The average molecular weight is 276 g/mol. The van der Waals surface area contributed by atoms with Crippen LogP contribution < -0.4 is 5.32 Å². The van der Waals surface area contributed by atoms with Crippen molar-refractivity contribution in [3.63, 3.8) is 0 Å². The second kappa shape index (κ2) is 5.14. The van der Waals surface area contributed by atoms with Crippen LogP contribution in [0.4, 0.5) is 4.79 Å². The van der Waals surface area contributed by atoms with E-state index in [2.05, 4.69) is 5.32 Å². The number of carbonyl (C=O) groups excluding carboxylic acids is 3. The Morgan fingerprint density at radius 2 is 1.94 bits per heavy atom. The summed E-state index contributed by atoms with van der Waals surface area (Å²) >= 11 is 5.58. The maximum absolute atomic E-state index is 12.0. The van der Waals surface area contributed by atoms with Gasteiger partial charge in [-0.25, -0.2) is 4.79 Å². The molecule has 0 radical (unpaired) electrons. The molecule has 0 aliphatic carbocycles. The molecule has 0 aromatic heterocycles. The van der Waals surface area contributed by atoms with E-state index in [0.29, 0.717) is 13.1 Å². The molecule has 102 valence electrons. The molecular formula is C11H18ClN3O3. The minimum atomic E-state index is -0.965.